The lowest BCUT2D eigenvalue weighted by Gasteiger charge is -2.47. The van der Waals surface area contributed by atoms with Crippen LogP contribution in [-0.4, -0.2) is 10.7 Å². The number of phenols is 1. The van der Waals surface area contributed by atoms with Gasteiger partial charge in [0, 0.05) is 17.4 Å². The summed E-state index contributed by atoms with van der Waals surface area (Å²) in [5.41, 5.74) is 3.52. The Morgan fingerprint density at radius 3 is 2.68 bits per heavy atom. The molecule has 1 heterocycles. The molecular formula is C23H34O2. The Labute approximate surface area is 153 Å². The molecular weight excluding hydrogens is 308 g/mol. The molecule has 0 spiro atoms. The molecule has 1 N–H and O–H groups in total. The summed E-state index contributed by atoms with van der Waals surface area (Å²) in [4.78, 5) is 0. The smallest absolute Gasteiger partial charge is 0.127 e. The minimum atomic E-state index is -0.180. The van der Waals surface area contributed by atoms with E-state index in [0.29, 0.717) is 17.6 Å². The van der Waals surface area contributed by atoms with Crippen LogP contribution in [0, 0.1) is 5.92 Å². The van der Waals surface area contributed by atoms with Crippen molar-refractivity contribution >= 4 is 0 Å². The van der Waals surface area contributed by atoms with Crippen LogP contribution in [0.3, 0.4) is 0 Å². The van der Waals surface area contributed by atoms with Crippen LogP contribution in [0.5, 0.6) is 11.5 Å². The SMILES string of the molecule is CCCCCCCc1cc(O)c2c(c1)OC(C)(C)C1CC=C(C)CC21. The second-order valence-electron chi connectivity index (χ2n) is 8.60. The molecule has 2 nitrogen and oxygen atoms in total. The van der Waals surface area contributed by atoms with E-state index in [1.165, 1.54) is 43.2 Å². The average Bonchev–Trinajstić information content (AvgIpc) is 2.53. The van der Waals surface area contributed by atoms with Crippen molar-refractivity contribution in [3.8, 4) is 11.5 Å². The summed E-state index contributed by atoms with van der Waals surface area (Å²) in [6, 6.07) is 4.19. The molecule has 0 radical (unpaired) electrons. The van der Waals surface area contributed by atoms with Gasteiger partial charge >= 0.3 is 0 Å². The van der Waals surface area contributed by atoms with Gasteiger partial charge in [-0.25, -0.2) is 0 Å². The number of unbranched alkanes of at least 4 members (excludes halogenated alkanes) is 4. The molecule has 0 saturated carbocycles. The highest BCUT2D eigenvalue weighted by molar-refractivity contribution is 5.52. The highest BCUT2D eigenvalue weighted by Crippen LogP contribution is 2.54. The van der Waals surface area contributed by atoms with Gasteiger partial charge in [0.05, 0.1) is 0 Å². The molecule has 25 heavy (non-hydrogen) atoms. The Kier molecular flexibility index (Phi) is 5.46. The number of ether oxygens (including phenoxy) is 1. The van der Waals surface area contributed by atoms with Crippen molar-refractivity contribution in [1.29, 1.82) is 0 Å². The minimum Gasteiger partial charge on any atom is -0.508 e. The molecule has 138 valence electrons. The fourth-order valence-corrected chi connectivity index (χ4v) is 4.70. The van der Waals surface area contributed by atoms with Crippen LogP contribution in [0.15, 0.2) is 23.8 Å². The molecule has 0 amide bonds. The number of phenolic OH excluding ortho intramolecular Hbond substituents is 1. The van der Waals surface area contributed by atoms with Gasteiger partial charge in [-0.3, -0.25) is 0 Å². The van der Waals surface area contributed by atoms with Crippen molar-refractivity contribution in [2.45, 2.75) is 90.6 Å². The lowest BCUT2D eigenvalue weighted by Crippen LogP contribution is -2.45. The largest absolute Gasteiger partial charge is 0.508 e. The monoisotopic (exact) mass is 342 g/mol. The van der Waals surface area contributed by atoms with E-state index in [1.54, 1.807) is 0 Å². The van der Waals surface area contributed by atoms with Crippen LogP contribution >= 0.6 is 0 Å². The van der Waals surface area contributed by atoms with Gasteiger partial charge in [0.1, 0.15) is 17.1 Å². The lowest BCUT2D eigenvalue weighted by atomic mass is 9.67. The zero-order chi connectivity index (χ0) is 18.0. The van der Waals surface area contributed by atoms with Crippen molar-refractivity contribution in [1.82, 2.24) is 0 Å². The lowest BCUT2D eigenvalue weighted by molar-refractivity contribution is 0.00753. The number of rotatable bonds is 6. The predicted octanol–water partition coefficient (Wildman–Crippen LogP) is 6.52. The third kappa shape index (κ3) is 3.88. The molecule has 1 aromatic carbocycles. The predicted molar refractivity (Wildman–Crippen MR) is 104 cm³/mol. The van der Waals surface area contributed by atoms with E-state index in [9.17, 15) is 5.11 Å². The summed E-state index contributed by atoms with van der Waals surface area (Å²) < 4.78 is 6.40. The van der Waals surface area contributed by atoms with Crippen molar-refractivity contribution in [2.75, 3.05) is 0 Å². The first-order valence-corrected chi connectivity index (χ1v) is 10.1. The second kappa shape index (κ2) is 7.43. The number of hydrogen-bond donors (Lipinski definition) is 1. The van der Waals surface area contributed by atoms with Gasteiger partial charge < -0.3 is 9.84 Å². The normalized spacial score (nSPS) is 24.1. The van der Waals surface area contributed by atoms with E-state index in [1.807, 2.05) is 6.07 Å². The molecule has 1 aromatic rings. The minimum absolute atomic E-state index is 0.180. The molecule has 0 aromatic heterocycles. The number of hydrogen-bond acceptors (Lipinski definition) is 2. The van der Waals surface area contributed by atoms with E-state index in [4.69, 9.17) is 4.74 Å². The number of aromatic hydroxyl groups is 1. The first-order valence-electron chi connectivity index (χ1n) is 10.1. The van der Waals surface area contributed by atoms with Gasteiger partial charge in [0.15, 0.2) is 0 Å². The summed E-state index contributed by atoms with van der Waals surface area (Å²) in [6.07, 6.45) is 11.8. The van der Waals surface area contributed by atoms with E-state index in [-0.39, 0.29) is 5.60 Å². The highest BCUT2D eigenvalue weighted by atomic mass is 16.5. The number of allylic oxidation sites excluding steroid dienone is 2. The maximum absolute atomic E-state index is 10.8. The Balaban J connectivity index is 1.82. The van der Waals surface area contributed by atoms with Crippen molar-refractivity contribution in [2.24, 2.45) is 5.92 Å². The Morgan fingerprint density at radius 1 is 1.16 bits per heavy atom. The quantitative estimate of drug-likeness (QED) is 0.471. The molecule has 3 rings (SSSR count). The van der Waals surface area contributed by atoms with E-state index in [2.05, 4.69) is 39.8 Å². The highest BCUT2D eigenvalue weighted by Gasteiger charge is 2.45. The summed E-state index contributed by atoms with van der Waals surface area (Å²) >= 11 is 0. The van der Waals surface area contributed by atoms with Gasteiger partial charge in [-0.1, -0.05) is 44.3 Å². The van der Waals surface area contributed by atoms with E-state index >= 15 is 0 Å². The maximum Gasteiger partial charge on any atom is 0.127 e. The molecule has 1 aliphatic heterocycles. The van der Waals surface area contributed by atoms with Crippen LogP contribution in [0.25, 0.3) is 0 Å². The van der Waals surface area contributed by atoms with Crippen LogP contribution in [-0.2, 0) is 6.42 Å². The van der Waals surface area contributed by atoms with Crippen LogP contribution < -0.4 is 4.74 Å². The molecule has 1 aliphatic carbocycles. The van der Waals surface area contributed by atoms with Gasteiger partial charge in [-0.15, -0.1) is 0 Å². The van der Waals surface area contributed by atoms with Crippen LogP contribution in [0.2, 0.25) is 0 Å². The number of aryl methyl sites for hydroxylation is 1. The molecule has 0 saturated heterocycles. The first-order chi connectivity index (χ1) is 11.9. The molecule has 2 heteroatoms. The summed E-state index contributed by atoms with van der Waals surface area (Å²) in [5, 5.41) is 10.8. The fraction of sp³-hybridized carbons (Fsp3) is 0.652. The average molecular weight is 343 g/mol. The molecule has 0 fully saturated rings. The number of benzene rings is 1. The number of fused-ring (bicyclic) bond motifs is 3. The molecule has 0 bridgehead atoms. The first kappa shape index (κ1) is 18.4. The zero-order valence-electron chi connectivity index (χ0n) is 16.4. The van der Waals surface area contributed by atoms with Gasteiger partial charge in [0.2, 0.25) is 0 Å². The zero-order valence-corrected chi connectivity index (χ0v) is 16.4. The molecule has 2 unspecified atom stereocenters. The van der Waals surface area contributed by atoms with Gasteiger partial charge in [-0.2, -0.15) is 0 Å². The van der Waals surface area contributed by atoms with E-state index in [0.717, 1.165) is 30.6 Å². The fourth-order valence-electron chi connectivity index (χ4n) is 4.70. The Morgan fingerprint density at radius 2 is 1.92 bits per heavy atom. The van der Waals surface area contributed by atoms with Crippen LogP contribution in [0.4, 0.5) is 0 Å². The Hall–Kier alpha value is -1.44. The summed E-state index contributed by atoms with van der Waals surface area (Å²) in [7, 11) is 0. The van der Waals surface area contributed by atoms with Crippen molar-refractivity contribution < 1.29 is 9.84 Å². The van der Waals surface area contributed by atoms with Crippen LogP contribution in [0.1, 0.15) is 89.7 Å². The van der Waals surface area contributed by atoms with Gasteiger partial charge in [-0.05, 0) is 64.2 Å². The van der Waals surface area contributed by atoms with Gasteiger partial charge in [0.25, 0.3) is 0 Å². The third-order valence-electron chi connectivity index (χ3n) is 6.13. The second-order valence-corrected chi connectivity index (χ2v) is 8.60. The topological polar surface area (TPSA) is 29.5 Å². The Bertz CT molecular complexity index is 642. The maximum atomic E-state index is 10.8. The summed E-state index contributed by atoms with van der Waals surface area (Å²) in [6.45, 7) is 8.86. The molecule has 2 aliphatic rings. The molecule has 2 atom stereocenters. The standard InChI is InChI=1S/C23H34O2/c1-5-6-7-8-9-10-17-14-20(24)22-18-13-16(2)11-12-19(18)23(3,4)25-21(22)15-17/h11,14-15,18-19,24H,5-10,12-13H2,1-4H3. The van der Waals surface area contributed by atoms with Crippen molar-refractivity contribution in [3.05, 3.63) is 34.9 Å². The third-order valence-corrected chi connectivity index (χ3v) is 6.13. The van der Waals surface area contributed by atoms with E-state index < -0.39 is 0 Å². The van der Waals surface area contributed by atoms with Crippen molar-refractivity contribution in [3.63, 3.8) is 0 Å². The summed E-state index contributed by atoms with van der Waals surface area (Å²) in [5.74, 6) is 2.18.